The summed E-state index contributed by atoms with van der Waals surface area (Å²) in [6.45, 7) is 2.20. The number of hydrogen-bond donors (Lipinski definition) is 0. The predicted octanol–water partition coefficient (Wildman–Crippen LogP) is 3.93. The van der Waals surface area contributed by atoms with Crippen LogP contribution in [-0.2, 0) is 17.0 Å². The van der Waals surface area contributed by atoms with Crippen molar-refractivity contribution in [2.45, 2.75) is 25.6 Å². The van der Waals surface area contributed by atoms with Gasteiger partial charge in [-0.1, -0.05) is 22.0 Å². The van der Waals surface area contributed by atoms with Gasteiger partial charge in [0.05, 0.1) is 12.2 Å². The second-order valence-corrected chi connectivity index (χ2v) is 4.69. The smallest absolute Gasteiger partial charge is 0.338 e. The molecule has 0 bridgehead atoms. The molecule has 0 saturated heterocycles. The maximum absolute atomic E-state index is 11.6. The summed E-state index contributed by atoms with van der Waals surface area (Å²) in [5.74, 6) is 0.203. The molecule has 17 heavy (non-hydrogen) atoms. The lowest BCUT2D eigenvalue weighted by Crippen LogP contribution is -2.06. The molecule has 0 aliphatic rings. The van der Waals surface area contributed by atoms with E-state index in [9.17, 15) is 4.79 Å². The first-order valence-electron chi connectivity index (χ1n) is 5.63. The van der Waals surface area contributed by atoms with Crippen LogP contribution in [0.1, 0.15) is 34.8 Å². The second kappa shape index (κ2) is 7.72. The summed E-state index contributed by atoms with van der Waals surface area (Å²) in [6, 6.07) is 5.56. The molecule has 0 radical (unpaired) electrons. The second-order valence-electron chi connectivity index (χ2n) is 3.63. The summed E-state index contributed by atoms with van der Waals surface area (Å²) in [7, 11) is 0. The van der Waals surface area contributed by atoms with E-state index in [-0.39, 0.29) is 5.97 Å². The lowest BCUT2D eigenvalue weighted by molar-refractivity contribution is 0.0526. The van der Waals surface area contributed by atoms with Crippen LogP contribution in [-0.4, -0.2) is 17.9 Å². The Morgan fingerprint density at radius 1 is 1.41 bits per heavy atom. The molecule has 94 valence electrons. The molecule has 2 nitrogen and oxygen atoms in total. The van der Waals surface area contributed by atoms with Gasteiger partial charge in [0.15, 0.2) is 0 Å². The van der Waals surface area contributed by atoms with E-state index in [0.717, 1.165) is 29.3 Å². The third-order valence-electron chi connectivity index (χ3n) is 2.44. The van der Waals surface area contributed by atoms with Gasteiger partial charge in [0, 0.05) is 11.2 Å². The number of benzene rings is 1. The largest absolute Gasteiger partial charge is 0.462 e. The van der Waals surface area contributed by atoms with E-state index < -0.39 is 0 Å². The lowest BCUT2D eigenvalue weighted by Gasteiger charge is -2.09. The molecule has 1 aromatic rings. The summed E-state index contributed by atoms with van der Waals surface area (Å²) >= 11 is 9.28. The summed E-state index contributed by atoms with van der Waals surface area (Å²) < 4.78 is 4.98. The van der Waals surface area contributed by atoms with Crippen molar-refractivity contribution in [1.29, 1.82) is 0 Å². The monoisotopic (exact) mass is 318 g/mol. The van der Waals surface area contributed by atoms with Crippen molar-refractivity contribution in [3.8, 4) is 0 Å². The first-order chi connectivity index (χ1) is 8.22. The number of rotatable bonds is 6. The molecule has 0 aromatic heterocycles. The van der Waals surface area contributed by atoms with Crippen molar-refractivity contribution in [3.05, 3.63) is 34.9 Å². The van der Waals surface area contributed by atoms with E-state index >= 15 is 0 Å². The maximum Gasteiger partial charge on any atom is 0.338 e. The molecule has 4 heteroatoms. The summed E-state index contributed by atoms with van der Waals surface area (Å²) in [6.07, 6.45) is 1.94. The van der Waals surface area contributed by atoms with Gasteiger partial charge < -0.3 is 4.74 Å². The van der Waals surface area contributed by atoms with Gasteiger partial charge in [-0.15, -0.1) is 11.6 Å². The summed E-state index contributed by atoms with van der Waals surface area (Å²) in [5, 5.41) is 0.943. The van der Waals surface area contributed by atoms with Crippen molar-refractivity contribution in [2.24, 2.45) is 0 Å². The number of carbonyl (C=O) groups is 1. The van der Waals surface area contributed by atoms with Crippen molar-refractivity contribution >= 4 is 33.5 Å². The van der Waals surface area contributed by atoms with Crippen LogP contribution in [0.5, 0.6) is 0 Å². The molecule has 0 N–H and O–H groups in total. The fourth-order valence-electron chi connectivity index (χ4n) is 1.59. The fraction of sp³-hybridized carbons (Fsp3) is 0.462. The molecule has 0 aliphatic heterocycles. The number of esters is 1. The molecule has 0 heterocycles. The van der Waals surface area contributed by atoms with Gasteiger partial charge in [-0.2, -0.15) is 0 Å². The van der Waals surface area contributed by atoms with Crippen LogP contribution in [0.3, 0.4) is 0 Å². The third-order valence-corrected chi connectivity index (χ3v) is 3.29. The van der Waals surface area contributed by atoms with E-state index in [1.54, 1.807) is 13.0 Å². The van der Waals surface area contributed by atoms with Crippen LogP contribution in [0, 0.1) is 0 Å². The van der Waals surface area contributed by atoms with Gasteiger partial charge in [-0.25, -0.2) is 4.79 Å². The van der Waals surface area contributed by atoms with Crippen molar-refractivity contribution in [2.75, 3.05) is 11.9 Å². The number of hydrogen-bond acceptors (Lipinski definition) is 2. The molecule has 0 fully saturated rings. The molecule has 1 rings (SSSR count). The molecule has 0 amide bonds. The number of carbonyl (C=O) groups excluding carboxylic acids is 1. The van der Waals surface area contributed by atoms with Gasteiger partial charge in [-0.3, -0.25) is 0 Å². The van der Waals surface area contributed by atoms with E-state index in [2.05, 4.69) is 15.9 Å². The van der Waals surface area contributed by atoms with Crippen LogP contribution < -0.4 is 0 Å². The average molecular weight is 320 g/mol. The van der Waals surface area contributed by atoms with Gasteiger partial charge >= 0.3 is 5.97 Å². The van der Waals surface area contributed by atoms with Crippen LogP contribution >= 0.6 is 27.5 Å². The Bertz CT molecular complexity index is 380. The molecular formula is C13H16BrClO2. The Labute approximate surface area is 115 Å². The number of halogens is 2. The van der Waals surface area contributed by atoms with E-state index in [1.165, 1.54) is 0 Å². The van der Waals surface area contributed by atoms with Crippen LogP contribution in [0.2, 0.25) is 0 Å². The van der Waals surface area contributed by atoms with E-state index in [1.807, 2.05) is 12.1 Å². The maximum atomic E-state index is 11.6. The van der Waals surface area contributed by atoms with Crippen molar-refractivity contribution in [1.82, 2.24) is 0 Å². The molecule has 0 atom stereocenters. The summed E-state index contributed by atoms with van der Waals surface area (Å²) in [5.41, 5.74) is 2.82. The highest BCUT2D eigenvalue weighted by atomic mass is 79.9. The van der Waals surface area contributed by atoms with E-state index in [4.69, 9.17) is 16.3 Å². The Balaban J connectivity index is 2.91. The average Bonchev–Trinajstić information content (AvgIpc) is 2.36. The highest BCUT2D eigenvalue weighted by molar-refractivity contribution is 9.09. The quantitative estimate of drug-likeness (QED) is 0.586. The van der Waals surface area contributed by atoms with E-state index in [0.29, 0.717) is 18.1 Å². The Morgan fingerprint density at radius 2 is 2.18 bits per heavy atom. The zero-order valence-electron chi connectivity index (χ0n) is 9.84. The van der Waals surface area contributed by atoms with Crippen molar-refractivity contribution < 1.29 is 9.53 Å². The highest BCUT2D eigenvalue weighted by Gasteiger charge is 2.09. The Kier molecular flexibility index (Phi) is 6.60. The fourth-order valence-corrected chi connectivity index (χ4v) is 2.13. The van der Waals surface area contributed by atoms with Gasteiger partial charge in [0.1, 0.15) is 0 Å². The topological polar surface area (TPSA) is 26.3 Å². The lowest BCUT2D eigenvalue weighted by atomic mass is 10.0. The third kappa shape index (κ3) is 4.32. The Hall–Kier alpha value is -0.540. The van der Waals surface area contributed by atoms with Crippen molar-refractivity contribution in [3.63, 3.8) is 0 Å². The minimum absolute atomic E-state index is 0.270. The van der Waals surface area contributed by atoms with Crippen LogP contribution in [0.25, 0.3) is 0 Å². The van der Waals surface area contributed by atoms with Gasteiger partial charge in [-0.05, 0) is 43.0 Å². The molecule has 0 spiro atoms. The van der Waals surface area contributed by atoms with Crippen LogP contribution in [0.15, 0.2) is 18.2 Å². The minimum atomic E-state index is -0.270. The SMILES string of the molecule is CCOC(=O)c1ccc(CCl)c(CCCBr)c1. The number of ether oxygens (including phenoxy) is 1. The Morgan fingerprint density at radius 3 is 2.76 bits per heavy atom. The molecular weight excluding hydrogens is 303 g/mol. The zero-order chi connectivity index (χ0) is 12.7. The zero-order valence-corrected chi connectivity index (χ0v) is 12.2. The van der Waals surface area contributed by atoms with Gasteiger partial charge in [0.25, 0.3) is 0 Å². The summed E-state index contributed by atoms with van der Waals surface area (Å²) in [4.78, 5) is 11.6. The minimum Gasteiger partial charge on any atom is -0.462 e. The number of aryl methyl sites for hydroxylation is 1. The number of alkyl halides is 2. The van der Waals surface area contributed by atoms with Crippen LogP contribution in [0.4, 0.5) is 0 Å². The molecule has 0 saturated carbocycles. The standard InChI is InChI=1S/C13H16BrClO2/c1-2-17-13(16)11-5-6-12(9-15)10(8-11)4-3-7-14/h5-6,8H,2-4,7,9H2,1H3. The molecule has 1 aromatic carbocycles. The van der Waals surface area contributed by atoms with Gasteiger partial charge in [0.2, 0.25) is 0 Å². The highest BCUT2D eigenvalue weighted by Crippen LogP contribution is 2.17. The molecule has 0 aliphatic carbocycles. The first kappa shape index (κ1) is 14.5. The molecule has 0 unspecified atom stereocenters. The normalized spacial score (nSPS) is 10.3. The first-order valence-corrected chi connectivity index (χ1v) is 7.29. The predicted molar refractivity (Wildman–Crippen MR) is 74.1 cm³/mol.